The van der Waals surface area contributed by atoms with Crippen molar-refractivity contribution in [1.29, 1.82) is 0 Å². The Morgan fingerprint density at radius 3 is 2.57 bits per heavy atom. The van der Waals surface area contributed by atoms with Gasteiger partial charge in [0.2, 0.25) is 0 Å². The number of benzene rings is 1. The van der Waals surface area contributed by atoms with Gasteiger partial charge in [-0.1, -0.05) is 0 Å². The first-order valence-corrected chi connectivity index (χ1v) is 15.1. The number of fused-ring (bicyclic) bond motifs is 1. The summed E-state index contributed by atoms with van der Waals surface area (Å²) < 4.78 is 2.24. The highest BCUT2D eigenvalue weighted by molar-refractivity contribution is 5.83. The molecule has 1 N–H and O–H groups in total. The minimum atomic E-state index is -0.295. The van der Waals surface area contributed by atoms with Gasteiger partial charge in [-0.05, 0) is 82.0 Å². The van der Waals surface area contributed by atoms with Crippen molar-refractivity contribution < 1.29 is 5.11 Å². The second-order valence-electron chi connectivity index (χ2n) is 12.1. The molecule has 2 saturated heterocycles. The third kappa shape index (κ3) is 6.03. The number of pyridine rings is 2. The van der Waals surface area contributed by atoms with Crippen LogP contribution < -0.4 is 15.2 Å². The van der Waals surface area contributed by atoms with Crippen molar-refractivity contribution >= 4 is 22.3 Å². The van der Waals surface area contributed by atoms with Gasteiger partial charge in [-0.2, -0.15) is 10.2 Å². The van der Waals surface area contributed by atoms with E-state index in [1.165, 1.54) is 5.56 Å². The van der Waals surface area contributed by atoms with Gasteiger partial charge in [0.15, 0.2) is 5.43 Å². The summed E-state index contributed by atoms with van der Waals surface area (Å²) in [5, 5.41) is 18.9. The zero-order valence-corrected chi connectivity index (χ0v) is 24.9. The molecule has 2 fully saturated rings. The fourth-order valence-electron chi connectivity index (χ4n) is 6.54. The molecule has 2 atom stereocenters. The Morgan fingerprint density at radius 2 is 1.83 bits per heavy atom. The normalized spacial score (nSPS) is 19.4. The van der Waals surface area contributed by atoms with Gasteiger partial charge in [-0.25, -0.2) is 0 Å². The maximum atomic E-state index is 14.1. The number of anilines is 2. The SMILES string of the molecule is Cc1cc(CN(Cc2cn(C(C)C)c3cc(N4CC[C@@H](O)C4)ccc3c2=O)C2CCCN(c3ccnnc3)C2)ccn1. The number of aromatic nitrogens is 4. The van der Waals surface area contributed by atoms with E-state index in [9.17, 15) is 9.90 Å². The highest BCUT2D eigenvalue weighted by Crippen LogP contribution is 2.28. The lowest BCUT2D eigenvalue weighted by Crippen LogP contribution is -2.48. The Kier molecular flexibility index (Phi) is 8.22. The molecule has 9 nitrogen and oxygen atoms in total. The quantitative estimate of drug-likeness (QED) is 0.337. The molecule has 0 radical (unpaired) electrons. The average molecular weight is 568 g/mol. The first kappa shape index (κ1) is 28.3. The van der Waals surface area contributed by atoms with Crippen molar-refractivity contribution in [1.82, 2.24) is 24.6 Å². The second kappa shape index (κ2) is 12.2. The Hall–Kier alpha value is -3.82. The standard InChI is InChI=1S/C33H41N7O2/c1-23(2)40-20-26(33(42)31-7-6-27(16-32(31)40)38-14-10-30(41)22-38)19-39(18-25-8-11-34-24(3)15-25)29-5-4-13-37(21-29)28-9-12-35-36-17-28/h6-9,11-12,15-17,20,23,29-30,41H,4-5,10,13-14,18-19,21-22H2,1-3H3/t29?,30-/m1/s1. The molecular formula is C33H41N7O2. The molecule has 220 valence electrons. The van der Waals surface area contributed by atoms with E-state index in [-0.39, 0.29) is 23.6 Å². The lowest BCUT2D eigenvalue weighted by molar-refractivity contribution is 0.158. The molecule has 1 aromatic carbocycles. The van der Waals surface area contributed by atoms with Gasteiger partial charge in [-0.15, -0.1) is 0 Å². The van der Waals surface area contributed by atoms with Gasteiger partial charge in [0.05, 0.1) is 29.7 Å². The molecule has 1 unspecified atom stereocenters. The van der Waals surface area contributed by atoms with E-state index in [0.717, 1.165) is 79.0 Å². The van der Waals surface area contributed by atoms with Crippen molar-refractivity contribution in [2.24, 2.45) is 0 Å². The molecule has 0 bridgehead atoms. The van der Waals surface area contributed by atoms with Crippen LogP contribution in [0.1, 0.15) is 56.0 Å². The van der Waals surface area contributed by atoms with Gasteiger partial charge < -0.3 is 19.5 Å². The molecule has 3 aromatic heterocycles. The molecule has 0 spiro atoms. The lowest BCUT2D eigenvalue weighted by Gasteiger charge is -2.40. The van der Waals surface area contributed by atoms with Crippen LogP contribution in [0, 0.1) is 6.92 Å². The number of aliphatic hydroxyl groups excluding tert-OH is 1. The highest BCUT2D eigenvalue weighted by Gasteiger charge is 2.28. The van der Waals surface area contributed by atoms with E-state index in [1.54, 1.807) is 6.20 Å². The minimum Gasteiger partial charge on any atom is -0.391 e. The van der Waals surface area contributed by atoms with Crippen molar-refractivity contribution in [2.75, 3.05) is 36.0 Å². The maximum absolute atomic E-state index is 14.1. The summed E-state index contributed by atoms with van der Waals surface area (Å²) in [6, 6.07) is 12.8. The number of aliphatic hydroxyl groups is 1. The molecule has 2 aliphatic rings. The fraction of sp³-hybridized carbons (Fsp3) is 0.455. The molecule has 4 aromatic rings. The third-order valence-corrected chi connectivity index (χ3v) is 8.74. The highest BCUT2D eigenvalue weighted by atomic mass is 16.3. The number of piperidine rings is 1. The molecular weight excluding hydrogens is 526 g/mol. The van der Waals surface area contributed by atoms with Crippen LogP contribution in [0.4, 0.5) is 11.4 Å². The van der Waals surface area contributed by atoms with Gasteiger partial charge in [-0.3, -0.25) is 14.7 Å². The van der Waals surface area contributed by atoms with Crippen molar-refractivity contribution in [3.63, 3.8) is 0 Å². The van der Waals surface area contributed by atoms with Crippen LogP contribution in [-0.4, -0.2) is 68.1 Å². The van der Waals surface area contributed by atoms with Crippen LogP contribution in [0.3, 0.4) is 0 Å². The first-order valence-electron chi connectivity index (χ1n) is 15.1. The molecule has 9 heteroatoms. The molecule has 6 rings (SSSR count). The summed E-state index contributed by atoms with van der Waals surface area (Å²) in [4.78, 5) is 25.5. The van der Waals surface area contributed by atoms with Crippen LogP contribution in [0.15, 0.2) is 66.0 Å². The Labute approximate surface area is 247 Å². The van der Waals surface area contributed by atoms with E-state index in [1.807, 2.05) is 37.5 Å². The minimum absolute atomic E-state index is 0.0943. The second-order valence-corrected chi connectivity index (χ2v) is 12.1. The maximum Gasteiger partial charge on any atom is 0.193 e. The molecule has 5 heterocycles. The third-order valence-electron chi connectivity index (χ3n) is 8.74. The van der Waals surface area contributed by atoms with E-state index in [0.29, 0.717) is 13.1 Å². The van der Waals surface area contributed by atoms with Crippen LogP contribution >= 0.6 is 0 Å². The Bertz CT molecular complexity index is 1590. The molecule has 2 aliphatic heterocycles. The van der Waals surface area contributed by atoms with E-state index >= 15 is 0 Å². The number of β-amino-alcohol motifs (C(OH)–C–C–N with tert-alkyl or cyclic N) is 1. The summed E-state index contributed by atoms with van der Waals surface area (Å²) in [6.07, 6.45) is 10.1. The van der Waals surface area contributed by atoms with Crippen molar-refractivity contribution in [2.45, 2.75) is 71.3 Å². The number of rotatable bonds is 8. The smallest absolute Gasteiger partial charge is 0.193 e. The van der Waals surface area contributed by atoms with Crippen LogP contribution in [0.25, 0.3) is 10.9 Å². The Balaban J connectivity index is 1.36. The van der Waals surface area contributed by atoms with Gasteiger partial charge in [0, 0.05) is 86.1 Å². The summed E-state index contributed by atoms with van der Waals surface area (Å²) >= 11 is 0. The number of hydrogen-bond donors (Lipinski definition) is 1. The first-order chi connectivity index (χ1) is 20.4. The van der Waals surface area contributed by atoms with Gasteiger partial charge >= 0.3 is 0 Å². The Morgan fingerprint density at radius 1 is 0.976 bits per heavy atom. The van der Waals surface area contributed by atoms with Crippen LogP contribution in [0.2, 0.25) is 0 Å². The summed E-state index contributed by atoms with van der Waals surface area (Å²) in [7, 11) is 0. The lowest BCUT2D eigenvalue weighted by atomic mass is 10.0. The summed E-state index contributed by atoms with van der Waals surface area (Å²) in [6.45, 7) is 11.0. The number of nitrogens with zero attached hydrogens (tertiary/aromatic N) is 7. The summed E-state index contributed by atoms with van der Waals surface area (Å²) in [5.41, 5.74) is 6.20. The van der Waals surface area contributed by atoms with E-state index < -0.39 is 0 Å². The zero-order valence-electron chi connectivity index (χ0n) is 24.9. The zero-order chi connectivity index (χ0) is 29.2. The average Bonchev–Trinajstić information content (AvgIpc) is 3.44. The largest absolute Gasteiger partial charge is 0.391 e. The molecule has 0 amide bonds. The monoisotopic (exact) mass is 567 g/mol. The topological polar surface area (TPSA) is 90.6 Å². The fourth-order valence-corrected chi connectivity index (χ4v) is 6.54. The molecule has 42 heavy (non-hydrogen) atoms. The van der Waals surface area contributed by atoms with Crippen molar-refractivity contribution in [3.05, 3.63) is 88.2 Å². The number of aryl methyl sites for hydroxylation is 1. The van der Waals surface area contributed by atoms with Gasteiger partial charge in [0.1, 0.15) is 0 Å². The molecule has 0 aliphatic carbocycles. The van der Waals surface area contributed by atoms with Crippen LogP contribution in [0.5, 0.6) is 0 Å². The van der Waals surface area contributed by atoms with Crippen molar-refractivity contribution in [3.8, 4) is 0 Å². The van der Waals surface area contributed by atoms with Gasteiger partial charge in [0.25, 0.3) is 0 Å². The van der Waals surface area contributed by atoms with Crippen LogP contribution in [-0.2, 0) is 13.1 Å². The summed E-state index contributed by atoms with van der Waals surface area (Å²) in [5.74, 6) is 0. The predicted octanol–water partition coefficient (Wildman–Crippen LogP) is 4.32. The molecule has 0 saturated carbocycles. The number of hydrogen-bond acceptors (Lipinski definition) is 8. The predicted molar refractivity (Wildman–Crippen MR) is 167 cm³/mol. The van der Waals surface area contributed by atoms with E-state index in [4.69, 9.17) is 0 Å². The van der Waals surface area contributed by atoms with E-state index in [2.05, 4.69) is 72.7 Å².